The number of fused-ring (bicyclic) bond motifs is 1. The number of rotatable bonds is 2. The first kappa shape index (κ1) is 19.2. The number of carbonyl (C=O) groups excluding carboxylic acids is 1. The Morgan fingerprint density at radius 1 is 1.27 bits per heavy atom. The Morgan fingerprint density at radius 2 is 2.07 bits per heavy atom. The Balaban J connectivity index is 1.80. The van der Waals surface area contributed by atoms with Crippen LogP contribution in [0.25, 0.3) is 16.8 Å². The predicted octanol–water partition coefficient (Wildman–Crippen LogP) is 1.52. The normalized spacial score (nSPS) is 18.2. The molecule has 8 nitrogen and oxygen atoms in total. The van der Waals surface area contributed by atoms with Crippen LogP contribution < -0.4 is 0 Å². The lowest BCUT2D eigenvalue weighted by molar-refractivity contribution is -0.137. The van der Waals surface area contributed by atoms with Gasteiger partial charge in [-0.05, 0) is 24.3 Å². The summed E-state index contributed by atoms with van der Waals surface area (Å²) in [6.45, 7) is 0.434. The highest BCUT2D eigenvalue weighted by Crippen LogP contribution is 2.27. The van der Waals surface area contributed by atoms with Crippen molar-refractivity contribution in [2.24, 2.45) is 0 Å². The van der Waals surface area contributed by atoms with E-state index in [9.17, 15) is 25.1 Å². The van der Waals surface area contributed by atoms with Gasteiger partial charge in [0, 0.05) is 37.3 Å². The van der Waals surface area contributed by atoms with Crippen LogP contribution >= 0.6 is 0 Å². The minimum atomic E-state index is -1.70. The number of benzene rings is 1. The number of pyridine rings is 1. The van der Waals surface area contributed by atoms with Crippen LogP contribution in [0.5, 0.6) is 0 Å². The SMILES string of the molecule is CN1CC[C@@](O)(C#Cc2cccc(-c3nc(C(=O)O)n4ccc(C#N)cc34)c2)C1=O. The second-order valence-corrected chi connectivity index (χ2v) is 7.04. The fraction of sp³-hybridized carbons (Fsp3) is 0.182. The van der Waals surface area contributed by atoms with Gasteiger partial charge < -0.3 is 15.1 Å². The molecule has 148 valence electrons. The molecule has 0 radical (unpaired) electrons. The molecule has 0 spiro atoms. The number of nitriles is 1. The Hall–Kier alpha value is -4.14. The number of amides is 1. The van der Waals surface area contributed by atoms with E-state index in [0.717, 1.165) is 0 Å². The molecule has 1 amide bonds. The number of carboxylic acid groups (broad SMARTS) is 1. The van der Waals surface area contributed by atoms with Crippen molar-refractivity contribution in [2.45, 2.75) is 12.0 Å². The first-order valence-electron chi connectivity index (χ1n) is 9.09. The fourth-order valence-electron chi connectivity index (χ4n) is 3.41. The molecule has 1 aliphatic heterocycles. The standard InChI is InChI=1S/C22H16N4O4/c1-25-10-8-22(30,21(25)29)7-5-14-3-2-4-16(11-14)18-17-12-15(13-23)6-9-26(17)19(24-18)20(27)28/h2-4,6,9,11-12,30H,8,10H2,1H3,(H,27,28)/t22-/m0/s1. The van der Waals surface area contributed by atoms with E-state index in [1.165, 1.54) is 21.6 Å². The maximum absolute atomic E-state index is 12.1. The number of hydrogen-bond acceptors (Lipinski definition) is 5. The van der Waals surface area contributed by atoms with E-state index in [4.69, 9.17) is 0 Å². The molecule has 1 atom stereocenters. The highest BCUT2D eigenvalue weighted by atomic mass is 16.4. The van der Waals surface area contributed by atoms with Crippen molar-refractivity contribution in [3.8, 4) is 29.2 Å². The number of nitrogens with zero attached hydrogens (tertiary/aromatic N) is 4. The molecule has 8 heteroatoms. The molecule has 1 aromatic carbocycles. The third-order valence-corrected chi connectivity index (χ3v) is 5.02. The lowest BCUT2D eigenvalue weighted by Gasteiger charge is -2.13. The van der Waals surface area contributed by atoms with E-state index in [1.54, 1.807) is 37.4 Å². The summed E-state index contributed by atoms with van der Waals surface area (Å²) < 4.78 is 1.41. The summed E-state index contributed by atoms with van der Waals surface area (Å²) in [4.78, 5) is 29.4. The van der Waals surface area contributed by atoms with Gasteiger partial charge in [-0.3, -0.25) is 9.20 Å². The molecule has 3 heterocycles. The Bertz CT molecular complexity index is 1310. The molecule has 1 fully saturated rings. The van der Waals surface area contributed by atoms with Gasteiger partial charge in [-0.15, -0.1) is 0 Å². The van der Waals surface area contributed by atoms with Gasteiger partial charge in [-0.25, -0.2) is 9.78 Å². The van der Waals surface area contributed by atoms with Gasteiger partial charge >= 0.3 is 5.97 Å². The van der Waals surface area contributed by atoms with Gasteiger partial charge in [0.25, 0.3) is 5.91 Å². The molecule has 2 N–H and O–H groups in total. The monoisotopic (exact) mass is 400 g/mol. The van der Waals surface area contributed by atoms with Crippen molar-refractivity contribution < 1.29 is 19.8 Å². The van der Waals surface area contributed by atoms with Crippen molar-refractivity contribution >= 4 is 17.4 Å². The molecule has 0 unspecified atom stereocenters. The van der Waals surface area contributed by atoms with E-state index < -0.39 is 17.5 Å². The maximum atomic E-state index is 12.1. The van der Waals surface area contributed by atoms with Gasteiger partial charge in [0.2, 0.25) is 11.4 Å². The van der Waals surface area contributed by atoms with Crippen LogP contribution in [-0.2, 0) is 4.79 Å². The molecule has 0 saturated carbocycles. The zero-order valence-electron chi connectivity index (χ0n) is 16.0. The summed E-state index contributed by atoms with van der Waals surface area (Å²) in [6, 6.07) is 12.0. The van der Waals surface area contributed by atoms with Crippen LogP contribution in [0.15, 0.2) is 42.6 Å². The highest BCUT2D eigenvalue weighted by Gasteiger charge is 2.42. The number of likely N-dealkylation sites (tertiary alicyclic amines) is 1. The minimum Gasteiger partial charge on any atom is -0.475 e. The molecule has 3 aromatic rings. The average molecular weight is 400 g/mol. The average Bonchev–Trinajstić information content (AvgIpc) is 3.26. The van der Waals surface area contributed by atoms with Crippen LogP contribution in [0.3, 0.4) is 0 Å². The number of carbonyl (C=O) groups is 2. The number of aromatic carboxylic acids is 1. The summed E-state index contributed by atoms with van der Waals surface area (Å²) >= 11 is 0. The van der Waals surface area contributed by atoms with Crippen molar-refractivity contribution in [3.63, 3.8) is 0 Å². The van der Waals surface area contributed by atoms with E-state index in [1.807, 2.05) is 6.07 Å². The number of hydrogen-bond donors (Lipinski definition) is 2. The summed E-state index contributed by atoms with van der Waals surface area (Å²) in [5, 5.41) is 29.1. The second kappa shape index (κ2) is 7.03. The summed E-state index contributed by atoms with van der Waals surface area (Å²) in [5.74, 6) is 3.71. The predicted molar refractivity (Wildman–Crippen MR) is 106 cm³/mol. The lowest BCUT2D eigenvalue weighted by atomic mass is 10.0. The summed E-state index contributed by atoms with van der Waals surface area (Å²) in [5.41, 5.74) is 0.680. The topological polar surface area (TPSA) is 119 Å². The third kappa shape index (κ3) is 3.16. The Kier molecular flexibility index (Phi) is 4.50. The van der Waals surface area contributed by atoms with Crippen molar-refractivity contribution in [1.82, 2.24) is 14.3 Å². The first-order chi connectivity index (χ1) is 14.3. The Labute approximate surface area is 171 Å². The molecule has 2 aromatic heterocycles. The highest BCUT2D eigenvalue weighted by molar-refractivity contribution is 5.91. The summed E-state index contributed by atoms with van der Waals surface area (Å²) in [7, 11) is 1.61. The fourth-order valence-corrected chi connectivity index (χ4v) is 3.41. The number of aliphatic hydroxyl groups is 1. The smallest absolute Gasteiger partial charge is 0.372 e. The first-order valence-corrected chi connectivity index (χ1v) is 9.09. The van der Waals surface area contributed by atoms with Gasteiger partial charge in [0.1, 0.15) is 0 Å². The van der Waals surface area contributed by atoms with E-state index in [-0.39, 0.29) is 12.2 Å². The van der Waals surface area contributed by atoms with Crippen molar-refractivity contribution in [1.29, 1.82) is 5.26 Å². The van der Waals surface area contributed by atoms with Crippen LogP contribution in [0, 0.1) is 23.2 Å². The molecule has 0 aliphatic carbocycles. The Morgan fingerprint density at radius 3 is 2.73 bits per heavy atom. The van der Waals surface area contributed by atoms with Crippen LogP contribution in [0.1, 0.15) is 28.2 Å². The molecule has 1 saturated heterocycles. The molecule has 0 bridgehead atoms. The van der Waals surface area contributed by atoms with Gasteiger partial charge in [0.15, 0.2) is 0 Å². The molecular formula is C22H16N4O4. The van der Waals surface area contributed by atoms with Crippen molar-refractivity contribution in [2.75, 3.05) is 13.6 Å². The van der Waals surface area contributed by atoms with Gasteiger partial charge in [-0.1, -0.05) is 24.0 Å². The van der Waals surface area contributed by atoms with Crippen molar-refractivity contribution in [3.05, 3.63) is 59.5 Å². The molecule has 30 heavy (non-hydrogen) atoms. The molecule has 1 aliphatic rings. The molecular weight excluding hydrogens is 384 g/mol. The largest absolute Gasteiger partial charge is 0.475 e. The number of imidazole rings is 1. The maximum Gasteiger partial charge on any atom is 0.372 e. The zero-order chi connectivity index (χ0) is 21.5. The third-order valence-electron chi connectivity index (χ3n) is 5.02. The van der Waals surface area contributed by atoms with E-state index in [2.05, 4.69) is 16.8 Å². The minimum absolute atomic E-state index is 0.171. The zero-order valence-corrected chi connectivity index (χ0v) is 16.0. The lowest BCUT2D eigenvalue weighted by Crippen LogP contribution is -2.37. The molecule has 4 rings (SSSR count). The number of carboxylic acids is 1. The van der Waals surface area contributed by atoms with Gasteiger partial charge in [0.05, 0.1) is 22.8 Å². The number of likely N-dealkylation sites (N-methyl/N-ethyl adjacent to an activating group) is 1. The van der Waals surface area contributed by atoms with E-state index in [0.29, 0.717) is 34.4 Å². The second-order valence-electron chi connectivity index (χ2n) is 7.04. The van der Waals surface area contributed by atoms with Crippen LogP contribution in [0.2, 0.25) is 0 Å². The number of aromatic nitrogens is 2. The van der Waals surface area contributed by atoms with Crippen LogP contribution in [-0.4, -0.2) is 55.6 Å². The summed E-state index contributed by atoms with van der Waals surface area (Å²) in [6.07, 6.45) is 1.73. The quantitative estimate of drug-likeness (QED) is 0.630. The van der Waals surface area contributed by atoms with Crippen LogP contribution in [0.4, 0.5) is 0 Å². The van der Waals surface area contributed by atoms with Gasteiger partial charge in [-0.2, -0.15) is 5.26 Å². The van der Waals surface area contributed by atoms with E-state index >= 15 is 0 Å².